The molecule has 1 rings (SSSR count). The maximum atomic E-state index is 11.3. The van der Waals surface area contributed by atoms with Crippen LogP contribution in [0.25, 0.3) is 0 Å². The number of rotatable bonds is 8. The minimum atomic E-state index is -0.704. The zero-order valence-corrected chi connectivity index (χ0v) is 10.9. The Bertz CT molecular complexity index is 325. The molecule has 0 aliphatic rings. The number of unbranched alkanes of at least 4 members (excludes halogenated alkanes) is 1. The van der Waals surface area contributed by atoms with E-state index in [-0.39, 0.29) is 0 Å². The van der Waals surface area contributed by atoms with Crippen LogP contribution in [0.4, 0.5) is 5.95 Å². The highest BCUT2D eigenvalue weighted by molar-refractivity contribution is 7.84. The third-order valence-electron chi connectivity index (χ3n) is 2.41. The Balaban J connectivity index is 2.40. The summed E-state index contributed by atoms with van der Waals surface area (Å²) in [5.41, 5.74) is 0. The van der Waals surface area contributed by atoms with Crippen LogP contribution in [0.1, 0.15) is 26.7 Å². The second kappa shape index (κ2) is 7.44. The monoisotopic (exact) mass is 243 g/mol. The van der Waals surface area contributed by atoms with Crippen molar-refractivity contribution in [3.05, 3.63) is 12.4 Å². The third-order valence-corrected chi connectivity index (χ3v) is 3.69. The third kappa shape index (κ3) is 4.35. The molecule has 0 aromatic carbocycles. The van der Waals surface area contributed by atoms with Crippen molar-refractivity contribution < 1.29 is 4.21 Å². The van der Waals surface area contributed by atoms with E-state index in [1.54, 1.807) is 6.20 Å². The topological polar surface area (TPSA) is 46.9 Å². The molecule has 0 aliphatic carbocycles. The van der Waals surface area contributed by atoms with Crippen LogP contribution in [-0.2, 0) is 17.3 Å². The van der Waals surface area contributed by atoms with E-state index in [4.69, 9.17) is 0 Å². The van der Waals surface area contributed by atoms with E-state index in [1.165, 1.54) is 6.42 Å². The SMILES string of the molecule is CCCCNc1nccn1CCS(=O)CC. The maximum absolute atomic E-state index is 11.3. The summed E-state index contributed by atoms with van der Waals surface area (Å²) in [6.07, 6.45) is 6.03. The Morgan fingerprint density at radius 1 is 1.50 bits per heavy atom. The van der Waals surface area contributed by atoms with Gasteiger partial charge in [-0.15, -0.1) is 0 Å². The molecule has 0 amide bonds. The molecule has 1 heterocycles. The van der Waals surface area contributed by atoms with Crippen LogP contribution in [0.15, 0.2) is 12.4 Å². The van der Waals surface area contributed by atoms with Gasteiger partial charge in [0.15, 0.2) is 0 Å². The van der Waals surface area contributed by atoms with Gasteiger partial charge in [0.25, 0.3) is 0 Å². The number of aromatic nitrogens is 2. The smallest absolute Gasteiger partial charge is 0.202 e. The number of nitrogens with zero attached hydrogens (tertiary/aromatic N) is 2. The largest absolute Gasteiger partial charge is 0.356 e. The van der Waals surface area contributed by atoms with Gasteiger partial charge in [0.05, 0.1) is 0 Å². The summed E-state index contributed by atoms with van der Waals surface area (Å²) in [5, 5.41) is 3.29. The van der Waals surface area contributed by atoms with E-state index in [0.29, 0.717) is 5.75 Å². The Morgan fingerprint density at radius 2 is 2.31 bits per heavy atom. The average Bonchev–Trinajstić information content (AvgIpc) is 2.74. The zero-order valence-electron chi connectivity index (χ0n) is 10.1. The fourth-order valence-corrected chi connectivity index (χ4v) is 2.07. The van der Waals surface area contributed by atoms with Crippen molar-refractivity contribution in [2.75, 3.05) is 23.4 Å². The second-order valence-electron chi connectivity index (χ2n) is 3.66. The first-order valence-corrected chi connectivity index (χ1v) is 7.36. The molecule has 0 bridgehead atoms. The molecule has 0 saturated carbocycles. The lowest BCUT2D eigenvalue weighted by Crippen LogP contribution is -2.12. The van der Waals surface area contributed by atoms with Crippen LogP contribution in [0, 0.1) is 0 Å². The summed E-state index contributed by atoms with van der Waals surface area (Å²) in [4.78, 5) is 4.24. The molecule has 0 radical (unpaired) electrons. The number of hydrogen-bond acceptors (Lipinski definition) is 3. The summed E-state index contributed by atoms with van der Waals surface area (Å²) >= 11 is 0. The first-order valence-electron chi connectivity index (χ1n) is 5.87. The quantitative estimate of drug-likeness (QED) is 0.709. The van der Waals surface area contributed by atoms with Gasteiger partial charge in [0.2, 0.25) is 5.95 Å². The fourth-order valence-electron chi connectivity index (χ4n) is 1.38. The summed E-state index contributed by atoms with van der Waals surface area (Å²) in [6.45, 7) is 5.84. The van der Waals surface area contributed by atoms with Gasteiger partial charge in [-0.1, -0.05) is 20.3 Å². The van der Waals surface area contributed by atoms with Crippen molar-refractivity contribution in [1.82, 2.24) is 9.55 Å². The fraction of sp³-hybridized carbons (Fsp3) is 0.727. The molecule has 1 atom stereocenters. The van der Waals surface area contributed by atoms with Crippen molar-refractivity contribution in [1.29, 1.82) is 0 Å². The van der Waals surface area contributed by atoms with Crippen molar-refractivity contribution in [2.24, 2.45) is 0 Å². The number of imidazole rings is 1. The lowest BCUT2D eigenvalue weighted by atomic mass is 10.3. The molecule has 1 unspecified atom stereocenters. The van der Waals surface area contributed by atoms with Gasteiger partial charge in [-0.3, -0.25) is 4.21 Å². The Kier molecular flexibility index (Phi) is 6.15. The highest BCUT2D eigenvalue weighted by Gasteiger charge is 2.03. The van der Waals surface area contributed by atoms with E-state index < -0.39 is 10.8 Å². The van der Waals surface area contributed by atoms with E-state index in [9.17, 15) is 4.21 Å². The highest BCUT2D eigenvalue weighted by Crippen LogP contribution is 2.04. The molecule has 1 aromatic heterocycles. The molecular weight excluding hydrogens is 222 g/mol. The van der Waals surface area contributed by atoms with E-state index in [0.717, 1.165) is 31.2 Å². The molecule has 0 spiro atoms. The normalized spacial score (nSPS) is 12.6. The molecule has 0 aliphatic heterocycles. The Hall–Kier alpha value is -0.840. The summed E-state index contributed by atoms with van der Waals surface area (Å²) < 4.78 is 13.4. The van der Waals surface area contributed by atoms with Crippen molar-refractivity contribution in [2.45, 2.75) is 33.2 Å². The average molecular weight is 243 g/mol. The second-order valence-corrected chi connectivity index (χ2v) is 5.52. The molecular formula is C11H21N3OS. The van der Waals surface area contributed by atoms with Gasteiger partial charge < -0.3 is 9.88 Å². The number of aryl methyl sites for hydroxylation is 1. The Morgan fingerprint density at radius 3 is 3.00 bits per heavy atom. The first kappa shape index (κ1) is 13.2. The van der Waals surface area contributed by atoms with Crippen molar-refractivity contribution in [3.8, 4) is 0 Å². The first-order chi connectivity index (χ1) is 7.77. The van der Waals surface area contributed by atoms with Gasteiger partial charge in [-0.2, -0.15) is 0 Å². The number of nitrogens with one attached hydrogen (secondary N) is 1. The Labute approximate surface area is 99.9 Å². The maximum Gasteiger partial charge on any atom is 0.202 e. The molecule has 0 fully saturated rings. The van der Waals surface area contributed by atoms with Gasteiger partial charge in [-0.05, 0) is 6.42 Å². The van der Waals surface area contributed by atoms with E-state index in [2.05, 4.69) is 17.2 Å². The van der Waals surface area contributed by atoms with Crippen LogP contribution in [-0.4, -0.2) is 31.8 Å². The van der Waals surface area contributed by atoms with E-state index in [1.807, 2.05) is 17.7 Å². The molecule has 5 heteroatoms. The van der Waals surface area contributed by atoms with Crippen LogP contribution < -0.4 is 5.32 Å². The van der Waals surface area contributed by atoms with Gasteiger partial charge in [0.1, 0.15) is 0 Å². The minimum absolute atomic E-state index is 0.704. The van der Waals surface area contributed by atoms with Crippen molar-refractivity contribution in [3.63, 3.8) is 0 Å². The standard InChI is InChI=1S/C11H21N3OS/c1-3-5-6-12-11-13-7-8-14(11)9-10-16(15)4-2/h7-8H,3-6,9-10H2,1-2H3,(H,12,13). The molecule has 92 valence electrons. The molecule has 0 saturated heterocycles. The van der Waals surface area contributed by atoms with Gasteiger partial charge in [-0.25, -0.2) is 4.98 Å². The molecule has 1 aromatic rings. The molecule has 1 N–H and O–H groups in total. The summed E-state index contributed by atoms with van der Waals surface area (Å²) in [5.74, 6) is 2.32. The van der Waals surface area contributed by atoms with Gasteiger partial charge >= 0.3 is 0 Å². The molecule has 16 heavy (non-hydrogen) atoms. The van der Waals surface area contributed by atoms with Gasteiger partial charge in [0, 0.05) is 47.8 Å². The number of anilines is 1. The highest BCUT2D eigenvalue weighted by atomic mass is 32.2. The predicted octanol–water partition coefficient (Wildman–Crippen LogP) is 1.86. The molecule has 4 nitrogen and oxygen atoms in total. The minimum Gasteiger partial charge on any atom is -0.356 e. The van der Waals surface area contributed by atoms with Crippen LogP contribution in [0.5, 0.6) is 0 Å². The van der Waals surface area contributed by atoms with Crippen LogP contribution >= 0.6 is 0 Å². The summed E-state index contributed by atoms with van der Waals surface area (Å²) in [7, 11) is -0.704. The van der Waals surface area contributed by atoms with Crippen LogP contribution in [0.2, 0.25) is 0 Å². The lowest BCUT2D eigenvalue weighted by molar-refractivity contribution is 0.674. The number of hydrogen-bond donors (Lipinski definition) is 1. The zero-order chi connectivity index (χ0) is 11.8. The summed E-state index contributed by atoms with van der Waals surface area (Å²) in [6, 6.07) is 0. The van der Waals surface area contributed by atoms with Crippen LogP contribution in [0.3, 0.4) is 0 Å². The lowest BCUT2D eigenvalue weighted by Gasteiger charge is -2.08. The predicted molar refractivity (Wildman–Crippen MR) is 69.2 cm³/mol. The van der Waals surface area contributed by atoms with E-state index >= 15 is 0 Å². The van der Waals surface area contributed by atoms with Crippen molar-refractivity contribution >= 4 is 16.7 Å².